The van der Waals surface area contributed by atoms with Crippen molar-refractivity contribution in [2.24, 2.45) is 5.41 Å². The highest BCUT2D eigenvalue weighted by molar-refractivity contribution is 5.67. The van der Waals surface area contributed by atoms with Crippen molar-refractivity contribution in [1.29, 1.82) is 0 Å². The van der Waals surface area contributed by atoms with Gasteiger partial charge in [0.2, 0.25) is 0 Å². The lowest BCUT2D eigenvalue weighted by molar-refractivity contribution is -0.139. The number of carbonyl (C=O) groups is 1. The normalized spacial score (nSPS) is 11.6. The molecule has 0 aliphatic heterocycles. The number of benzene rings is 1. The van der Waals surface area contributed by atoms with Gasteiger partial charge in [0.1, 0.15) is 0 Å². The molecule has 0 fully saturated rings. The zero-order valence-corrected chi connectivity index (χ0v) is 12.4. The minimum Gasteiger partial charge on any atom is -0.481 e. The Kier molecular flexibility index (Phi) is 5.55. The first-order valence-electron chi connectivity index (χ1n) is 6.79. The number of aryl methyl sites for hydroxylation is 2. The molecule has 0 spiro atoms. The van der Waals surface area contributed by atoms with Crippen LogP contribution in [0, 0.1) is 19.3 Å². The number of rotatable bonds is 7. The Labute approximate surface area is 116 Å². The van der Waals surface area contributed by atoms with Gasteiger partial charge in [0.05, 0.1) is 6.42 Å². The number of aliphatic carboxylic acids is 1. The number of hydrogen-bond donors (Lipinski definition) is 2. The molecule has 0 radical (unpaired) electrons. The molecule has 0 heterocycles. The van der Waals surface area contributed by atoms with E-state index in [9.17, 15) is 4.79 Å². The lowest BCUT2D eigenvalue weighted by atomic mass is 9.89. The van der Waals surface area contributed by atoms with Gasteiger partial charge in [-0.15, -0.1) is 0 Å². The van der Waals surface area contributed by atoms with Gasteiger partial charge in [-0.25, -0.2) is 0 Å². The molecule has 0 saturated heterocycles. The van der Waals surface area contributed by atoms with Crippen LogP contribution in [0.5, 0.6) is 0 Å². The van der Waals surface area contributed by atoms with Crippen LogP contribution < -0.4 is 5.32 Å². The van der Waals surface area contributed by atoms with E-state index in [2.05, 4.69) is 37.4 Å². The van der Waals surface area contributed by atoms with Gasteiger partial charge < -0.3 is 10.4 Å². The molecule has 0 aromatic heterocycles. The highest BCUT2D eigenvalue weighted by Gasteiger charge is 2.20. The maximum absolute atomic E-state index is 10.7. The van der Waals surface area contributed by atoms with Gasteiger partial charge >= 0.3 is 5.97 Å². The molecule has 0 aliphatic rings. The van der Waals surface area contributed by atoms with Crippen LogP contribution in [0.25, 0.3) is 0 Å². The summed E-state index contributed by atoms with van der Waals surface area (Å²) in [5, 5.41) is 12.2. The van der Waals surface area contributed by atoms with E-state index >= 15 is 0 Å². The van der Waals surface area contributed by atoms with Crippen molar-refractivity contribution < 1.29 is 9.90 Å². The fourth-order valence-electron chi connectivity index (χ4n) is 2.25. The Hall–Kier alpha value is -1.35. The van der Waals surface area contributed by atoms with Crippen molar-refractivity contribution in [1.82, 2.24) is 5.32 Å². The zero-order chi connectivity index (χ0) is 14.5. The second-order valence-electron chi connectivity index (χ2n) is 6.09. The third kappa shape index (κ3) is 5.88. The molecule has 0 atom stereocenters. The van der Waals surface area contributed by atoms with E-state index in [1.165, 1.54) is 16.7 Å². The van der Waals surface area contributed by atoms with E-state index in [4.69, 9.17) is 5.11 Å². The number of carboxylic acids is 1. The molecule has 106 valence electrons. The van der Waals surface area contributed by atoms with Gasteiger partial charge in [-0.2, -0.15) is 0 Å². The maximum atomic E-state index is 10.7. The first-order chi connectivity index (χ1) is 8.80. The van der Waals surface area contributed by atoms with Crippen LogP contribution in [0.2, 0.25) is 0 Å². The number of carboxylic acid groups (broad SMARTS) is 1. The highest BCUT2D eigenvalue weighted by Crippen LogP contribution is 2.18. The molecule has 1 rings (SSSR count). The van der Waals surface area contributed by atoms with Gasteiger partial charge in [0.25, 0.3) is 0 Å². The largest absolute Gasteiger partial charge is 0.481 e. The van der Waals surface area contributed by atoms with E-state index in [-0.39, 0.29) is 11.8 Å². The van der Waals surface area contributed by atoms with Crippen molar-refractivity contribution in [2.75, 3.05) is 13.1 Å². The third-order valence-corrected chi connectivity index (χ3v) is 3.30. The molecule has 3 nitrogen and oxygen atoms in total. The fourth-order valence-corrected chi connectivity index (χ4v) is 2.25. The molecule has 1 aromatic carbocycles. The molecule has 2 N–H and O–H groups in total. The summed E-state index contributed by atoms with van der Waals surface area (Å²) in [6.45, 7) is 9.80. The molecule has 0 aliphatic carbocycles. The highest BCUT2D eigenvalue weighted by atomic mass is 16.4. The van der Waals surface area contributed by atoms with E-state index in [0.717, 1.165) is 19.5 Å². The SMILES string of the molecule is Cc1ccc(CCNCC(C)(C)CC(=O)O)c(C)c1. The number of hydrogen-bond acceptors (Lipinski definition) is 2. The van der Waals surface area contributed by atoms with Crippen molar-refractivity contribution in [2.45, 2.75) is 40.5 Å². The van der Waals surface area contributed by atoms with Crippen molar-refractivity contribution in [3.8, 4) is 0 Å². The fraction of sp³-hybridized carbons (Fsp3) is 0.562. The van der Waals surface area contributed by atoms with Crippen LogP contribution in [0.1, 0.15) is 37.0 Å². The van der Waals surface area contributed by atoms with Crippen LogP contribution in [0.4, 0.5) is 0 Å². The van der Waals surface area contributed by atoms with Gasteiger partial charge in [0.15, 0.2) is 0 Å². The topological polar surface area (TPSA) is 49.3 Å². The second-order valence-corrected chi connectivity index (χ2v) is 6.09. The minimum atomic E-state index is -0.735. The maximum Gasteiger partial charge on any atom is 0.303 e. The lowest BCUT2D eigenvalue weighted by Crippen LogP contribution is -2.32. The summed E-state index contributed by atoms with van der Waals surface area (Å²) in [7, 11) is 0. The molecule has 0 amide bonds. The molecule has 0 bridgehead atoms. The molecule has 1 aromatic rings. The van der Waals surface area contributed by atoms with Crippen LogP contribution in [0.15, 0.2) is 18.2 Å². The van der Waals surface area contributed by atoms with E-state index in [1.54, 1.807) is 0 Å². The summed E-state index contributed by atoms with van der Waals surface area (Å²) in [5.41, 5.74) is 3.77. The van der Waals surface area contributed by atoms with E-state index in [0.29, 0.717) is 0 Å². The summed E-state index contributed by atoms with van der Waals surface area (Å²) < 4.78 is 0. The standard InChI is InChI=1S/C16H25NO2/c1-12-5-6-14(13(2)9-12)7-8-17-11-16(3,4)10-15(18)19/h5-6,9,17H,7-8,10-11H2,1-4H3,(H,18,19). The molecule has 0 saturated carbocycles. The van der Waals surface area contributed by atoms with Gasteiger partial charge in [-0.1, -0.05) is 37.6 Å². The summed E-state index contributed by atoms with van der Waals surface area (Å²) in [4.78, 5) is 10.7. The summed E-state index contributed by atoms with van der Waals surface area (Å²) in [6, 6.07) is 6.51. The first-order valence-corrected chi connectivity index (χ1v) is 6.79. The van der Waals surface area contributed by atoms with Crippen LogP contribution >= 0.6 is 0 Å². The van der Waals surface area contributed by atoms with Crippen molar-refractivity contribution >= 4 is 5.97 Å². The minimum absolute atomic E-state index is 0.198. The Morgan fingerprint density at radius 3 is 2.58 bits per heavy atom. The Bertz CT molecular complexity index is 438. The Morgan fingerprint density at radius 2 is 2.00 bits per heavy atom. The quantitative estimate of drug-likeness (QED) is 0.744. The van der Waals surface area contributed by atoms with E-state index in [1.807, 2.05) is 13.8 Å². The van der Waals surface area contributed by atoms with Crippen molar-refractivity contribution in [3.05, 3.63) is 34.9 Å². The predicted molar refractivity (Wildman–Crippen MR) is 78.5 cm³/mol. The lowest BCUT2D eigenvalue weighted by Gasteiger charge is -2.22. The van der Waals surface area contributed by atoms with Gasteiger partial charge in [-0.3, -0.25) is 4.79 Å². The summed E-state index contributed by atoms with van der Waals surface area (Å²) in [5.74, 6) is -0.735. The second kappa shape index (κ2) is 6.71. The molecule has 19 heavy (non-hydrogen) atoms. The molecular weight excluding hydrogens is 238 g/mol. The van der Waals surface area contributed by atoms with Gasteiger partial charge in [-0.05, 0) is 43.4 Å². The van der Waals surface area contributed by atoms with Crippen LogP contribution in [-0.4, -0.2) is 24.2 Å². The summed E-state index contributed by atoms with van der Waals surface area (Å²) in [6.07, 6.45) is 1.18. The Morgan fingerprint density at radius 1 is 1.32 bits per heavy atom. The van der Waals surface area contributed by atoms with Crippen LogP contribution in [-0.2, 0) is 11.2 Å². The monoisotopic (exact) mass is 263 g/mol. The molecular formula is C16H25NO2. The van der Waals surface area contributed by atoms with Crippen LogP contribution in [0.3, 0.4) is 0 Å². The van der Waals surface area contributed by atoms with E-state index < -0.39 is 5.97 Å². The third-order valence-electron chi connectivity index (χ3n) is 3.30. The average Bonchev–Trinajstić information content (AvgIpc) is 2.24. The first kappa shape index (κ1) is 15.7. The Balaban J connectivity index is 2.36. The van der Waals surface area contributed by atoms with Crippen molar-refractivity contribution in [3.63, 3.8) is 0 Å². The van der Waals surface area contributed by atoms with Gasteiger partial charge in [0, 0.05) is 6.54 Å². The zero-order valence-electron chi connectivity index (χ0n) is 12.4. The smallest absolute Gasteiger partial charge is 0.303 e. The number of nitrogens with one attached hydrogen (secondary N) is 1. The molecule has 0 unspecified atom stereocenters. The average molecular weight is 263 g/mol. The predicted octanol–water partition coefficient (Wildman–Crippen LogP) is 2.94. The molecule has 3 heteroatoms. The summed E-state index contributed by atoms with van der Waals surface area (Å²) >= 11 is 0.